The number of amides is 1. The highest BCUT2D eigenvalue weighted by Gasteiger charge is 2.22. The molecule has 0 radical (unpaired) electrons. The number of nitrogens with zero attached hydrogens (tertiary/aromatic N) is 2. The van der Waals surface area contributed by atoms with Gasteiger partial charge in [-0.25, -0.2) is 9.97 Å². The molecular formula is C23H24BrN3O. The summed E-state index contributed by atoms with van der Waals surface area (Å²) >= 11 is 3.52. The number of hydrogen-bond acceptors (Lipinski definition) is 3. The van der Waals surface area contributed by atoms with E-state index in [1.807, 2.05) is 36.4 Å². The van der Waals surface area contributed by atoms with Crippen molar-refractivity contribution in [3.8, 4) is 11.3 Å². The first-order valence-corrected chi connectivity index (χ1v) is 10.7. The Balaban J connectivity index is 1.82. The van der Waals surface area contributed by atoms with Crippen molar-refractivity contribution >= 4 is 32.9 Å². The fourth-order valence-corrected chi connectivity index (χ4v) is 4.21. The lowest BCUT2D eigenvalue weighted by Crippen LogP contribution is -2.37. The van der Waals surface area contributed by atoms with Crippen LogP contribution in [0.4, 0.5) is 0 Å². The summed E-state index contributed by atoms with van der Waals surface area (Å²) in [7, 11) is 0. The SMILES string of the molecule is Cc1cc2nc(C(=O)NC3CCCCC3)c(-c3cccc(Br)c3)nc2cc1C. The summed E-state index contributed by atoms with van der Waals surface area (Å²) in [5.41, 5.74) is 5.81. The van der Waals surface area contributed by atoms with E-state index in [0.717, 1.165) is 39.5 Å². The number of hydrogen-bond donors (Lipinski definition) is 1. The number of halogens is 1. The molecule has 1 heterocycles. The highest BCUT2D eigenvalue weighted by molar-refractivity contribution is 9.10. The molecule has 0 aliphatic heterocycles. The van der Waals surface area contributed by atoms with Crippen LogP contribution in [0.25, 0.3) is 22.3 Å². The molecule has 1 aromatic heterocycles. The molecule has 0 atom stereocenters. The Kier molecular flexibility index (Phi) is 5.44. The first-order chi connectivity index (χ1) is 13.5. The molecule has 1 fully saturated rings. The van der Waals surface area contributed by atoms with E-state index in [0.29, 0.717) is 11.4 Å². The summed E-state index contributed by atoms with van der Waals surface area (Å²) in [5, 5.41) is 3.20. The summed E-state index contributed by atoms with van der Waals surface area (Å²) in [6.45, 7) is 4.12. The summed E-state index contributed by atoms with van der Waals surface area (Å²) in [6, 6.07) is 12.2. The van der Waals surface area contributed by atoms with Gasteiger partial charge in [0.2, 0.25) is 0 Å². The lowest BCUT2D eigenvalue weighted by Gasteiger charge is -2.23. The maximum atomic E-state index is 13.2. The average molecular weight is 438 g/mol. The molecule has 0 bridgehead atoms. The normalized spacial score (nSPS) is 15.0. The minimum atomic E-state index is -0.130. The smallest absolute Gasteiger partial charge is 0.272 e. The monoisotopic (exact) mass is 437 g/mol. The Morgan fingerprint density at radius 1 is 1.00 bits per heavy atom. The van der Waals surface area contributed by atoms with Gasteiger partial charge in [-0.3, -0.25) is 4.79 Å². The quantitative estimate of drug-likeness (QED) is 0.568. The molecule has 1 aliphatic carbocycles. The van der Waals surface area contributed by atoms with E-state index in [2.05, 4.69) is 35.1 Å². The van der Waals surface area contributed by atoms with E-state index in [1.165, 1.54) is 24.8 Å². The van der Waals surface area contributed by atoms with Crippen molar-refractivity contribution in [1.29, 1.82) is 0 Å². The number of aryl methyl sites for hydroxylation is 2. The van der Waals surface area contributed by atoms with Crippen LogP contribution in [0.5, 0.6) is 0 Å². The van der Waals surface area contributed by atoms with Gasteiger partial charge in [-0.1, -0.05) is 47.3 Å². The van der Waals surface area contributed by atoms with Crippen molar-refractivity contribution in [2.75, 3.05) is 0 Å². The molecule has 144 valence electrons. The van der Waals surface area contributed by atoms with Crippen LogP contribution < -0.4 is 5.32 Å². The fourth-order valence-electron chi connectivity index (χ4n) is 3.81. The lowest BCUT2D eigenvalue weighted by atomic mass is 9.95. The van der Waals surface area contributed by atoms with Gasteiger partial charge in [0.1, 0.15) is 5.69 Å². The largest absolute Gasteiger partial charge is 0.348 e. The average Bonchev–Trinajstić information content (AvgIpc) is 2.69. The zero-order chi connectivity index (χ0) is 19.7. The third-order valence-corrected chi connectivity index (χ3v) is 6.03. The van der Waals surface area contributed by atoms with E-state index in [1.54, 1.807) is 0 Å². The number of nitrogens with one attached hydrogen (secondary N) is 1. The first-order valence-electron chi connectivity index (χ1n) is 9.87. The predicted octanol–water partition coefficient (Wildman–Crippen LogP) is 5.74. The Morgan fingerprint density at radius 3 is 2.36 bits per heavy atom. The summed E-state index contributed by atoms with van der Waals surface area (Å²) in [6.07, 6.45) is 5.68. The number of rotatable bonds is 3. The Bertz CT molecular complexity index is 1040. The maximum Gasteiger partial charge on any atom is 0.272 e. The molecule has 1 amide bonds. The Hall–Kier alpha value is -2.27. The van der Waals surface area contributed by atoms with Gasteiger partial charge in [-0.05, 0) is 62.1 Å². The second-order valence-electron chi connectivity index (χ2n) is 7.66. The third-order valence-electron chi connectivity index (χ3n) is 5.53. The van der Waals surface area contributed by atoms with Gasteiger partial charge in [0.15, 0.2) is 5.69 Å². The molecule has 1 saturated carbocycles. The van der Waals surface area contributed by atoms with Crippen LogP contribution in [0.3, 0.4) is 0 Å². The van der Waals surface area contributed by atoms with Gasteiger partial charge in [0, 0.05) is 16.1 Å². The molecule has 4 rings (SSSR count). The van der Waals surface area contributed by atoms with E-state index in [-0.39, 0.29) is 11.9 Å². The van der Waals surface area contributed by atoms with Gasteiger partial charge >= 0.3 is 0 Å². The second kappa shape index (κ2) is 8.00. The number of carbonyl (C=O) groups is 1. The first kappa shape index (κ1) is 19.1. The zero-order valence-electron chi connectivity index (χ0n) is 16.3. The second-order valence-corrected chi connectivity index (χ2v) is 8.58. The molecule has 3 aromatic rings. The standard InChI is InChI=1S/C23H24BrN3O/c1-14-11-19-20(12-15(14)2)27-22(23(28)25-18-9-4-3-5-10-18)21(26-19)16-7-6-8-17(24)13-16/h6-8,11-13,18H,3-5,9-10H2,1-2H3,(H,25,28). The molecule has 0 unspecified atom stereocenters. The van der Waals surface area contributed by atoms with E-state index >= 15 is 0 Å². The summed E-state index contributed by atoms with van der Waals surface area (Å²) in [4.78, 5) is 22.8. The van der Waals surface area contributed by atoms with Gasteiger partial charge in [0.05, 0.1) is 11.0 Å². The molecule has 2 aromatic carbocycles. The van der Waals surface area contributed by atoms with E-state index in [9.17, 15) is 4.79 Å². The van der Waals surface area contributed by atoms with Crippen LogP contribution in [-0.4, -0.2) is 21.9 Å². The van der Waals surface area contributed by atoms with Crippen LogP contribution in [0.2, 0.25) is 0 Å². The molecule has 28 heavy (non-hydrogen) atoms. The fraction of sp³-hybridized carbons (Fsp3) is 0.348. The Morgan fingerprint density at radius 2 is 1.68 bits per heavy atom. The predicted molar refractivity (Wildman–Crippen MR) is 116 cm³/mol. The van der Waals surface area contributed by atoms with Gasteiger partial charge < -0.3 is 5.32 Å². The number of carbonyl (C=O) groups excluding carboxylic acids is 1. The molecule has 0 spiro atoms. The number of aromatic nitrogens is 2. The Labute approximate surface area is 173 Å². The van der Waals surface area contributed by atoms with E-state index in [4.69, 9.17) is 9.97 Å². The van der Waals surface area contributed by atoms with Crippen molar-refractivity contribution < 1.29 is 4.79 Å². The van der Waals surface area contributed by atoms with Crippen LogP contribution in [-0.2, 0) is 0 Å². The van der Waals surface area contributed by atoms with Gasteiger partial charge in [-0.15, -0.1) is 0 Å². The summed E-state index contributed by atoms with van der Waals surface area (Å²) in [5.74, 6) is -0.130. The van der Waals surface area contributed by atoms with E-state index < -0.39 is 0 Å². The minimum absolute atomic E-state index is 0.130. The van der Waals surface area contributed by atoms with Crippen molar-refractivity contribution in [2.45, 2.75) is 52.0 Å². The minimum Gasteiger partial charge on any atom is -0.348 e. The molecule has 5 heteroatoms. The van der Waals surface area contributed by atoms with Crippen molar-refractivity contribution in [3.05, 3.63) is 57.7 Å². The number of fused-ring (bicyclic) bond motifs is 1. The van der Waals surface area contributed by atoms with Crippen LogP contribution in [0, 0.1) is 13.8 Å². The van der Waals surface area contributed by atoms with Crippen LogP contribution in [0.1, 0.15) is 53.7 Å². The van der Waals surface area contributed by atoms with Gasteiger partial charge in [0.25, 0.3) is 5.91 Å². The van der Waals surface area contributed by atoms with Crippen molar-refractivity contribution in [2.24, 2.45) is 0 Å². The third kappa shape index (κ3) is 3.95. The van der Waals surface area contributed by atoms with Crippen LogP contribution >= 0.6 is 15.9 Å². The molecule has 1 N–H and O–H groups in total. The summed E-state index contributed by atoms with van der Waals surface area (Å²) < 4.78 is 0.950. The molecule has 1 aliphatic rings. The zero-order valence-corrected chi connectivity index (χ0v) is 17.8. The lowest BCUT2D eigenvalue weighted by molar-refractivity contribution is 0.0923. The highest BCUT2D eigenvalue weighted by Crippen LogP contribution is 2.27. The van der Waals surface area contributed by atoms with Gasteiger partial charge in [-0.2, -0.15) is 0 Å². The van der Waals surface area contributed by atoms with Crippen molar-refractivity contribution in [3.63, 3.8) is 0 Å². The molecular weight excluding hydrogens is 414 g/mol. The van der Waals surface area contributed by atoms with Crippen LogP contribution in [0.15, 0.2) is 40.9 Å². The number of benzene rings is 2. The maximum absolute atomic E-state index is 13.2. The highest BCUT2D eigenvalue weighted by atomic mass is 79.9. The topological polar surface area (TPSA) is 54.9 Å². The molecule has 0 saturated heterocycles. The van der Waals surface area contributed by atoms with Crippen molar-refractivity contribution in [1.82, 2.24) is 15.3 Å². The molecule has 4 nitrogen and oxygen atoms in total.